The zero-order valence-corrected chi connectivity index (χ0v) is 59.4. The molecule has 0 bridgehead atoms. The Balaban J connectivity index is 0.000000166. The van der Waals surface area contributed by atoms with Crippen LogP contribution in [0.25, 0.3) is 32.7 Å². The SMILES string of the molecule is COc1ccc2c(c1)c(CC(=O)NCCNC(=O)c1ccc(F)cc1)c(C)n2C(=O)c1ccc(Cl)cc1.COc1ccc2c(c1)c(CC(=O)Nc1ccc(F)cc1)c(C)n2C(=O)c1ccc(Cl)cc1F.COc1ccc2c(c1)c(CCNC(=O)c1ccc(F)cc1)c(C)n2C(=O)c1ccc(Br)cc1. The maximum atomic E-state index is 14.5. The van der Waals surface area contributed by atoms with Gasteiger partial charge in [0.1, 0.15) is 40.5 Å². The summed E-state index contributed by atoms with van der Waals surface area (Å²) in [6.45, 7) is 6.16. The Labute approximate surface area is 607 Å². The molecule has 4 amide bonds. The highest BCUT2D eigenvalue weighted by Crippen LogP contribution is 2.35. The van der Waals surface area contributed by atoms with Crippen LogP contribution < -0.4 is 35.5 Å². The first kappa shape index (κ1) is 74.4. The summed E-state index contributed by atoms with van der Waals surface area (Å²) in [5.74, 6) is -2.32. The number of fused-ring (bicyclic) bond motifs is 3. The number of carbonyl (C=O) groups is 7. The minimum Gasteiger partial charge on any atom is -0.497 e. The number of hydrogen-bond donors (Lipinski definition) is 4. The molecule has 0 radical (unpaired) electrons. The number of amides is 4. The van der Waals surface area contributed by atoms with Crippen LogP contribution >= 0.6 is 39.1 Å². The number of aromatic nitrogens is 3. The minimum atomic E-state index is -0.738. The summed E-state index contributed by atoms with van der Waals surface area (Å²) >= 11 is 15.2. The van der Waals surface area contributed by atoms with Gasteiger partial charge < -0.3 is 35.5 Å². The average Bonchev–Trinajstić information content (AvgIpc) is 1.62. The number of benzene rings is 9. The van der Waals surface area contributed by atoms with E-state index in [0.29, 0.717) is 102 Å². The summed E-state index contributed by atoms with van der Waals surface area (Å²) in [5, 5.41) is 14.0. The molecule has 0 fully saturated rings. The Morgan fingerprint density at radius 1 is 0.408 bits per heavy atom. The molecule has 24 heteroatoms. The fourth-order valence-corrected chi connectivity index (χ4v) is 12.3. The Kier molecular flexibility index (Phi) is 24.1. The summed E-state index contributed by atoms with van der Waals surface area (Å²) in [5.41, 5.74) is 8.20. The van der Waals surface area contributed by atoms with Gasteiger partial charge >= 0.3 is 0 Å². The first-order valence-corrected chi connectivity index (χ1v) is 33.5. The molecule has 526 valence electrons. The number of carbonyl (C=O) groups excluding carboxylic acids is 7. The predicted molar refractivity (Wildman–Crippen MR) is 392 cm³/mol. The average molecular weight is 1500 g/mol. The summed E-state index contributed by atoms with van der Waals surface area (Å²) in [4.78, 5) is 90.2. The summed E-state index contributed by atoms with van der Waals surface area (Å²) < 4.78 is 75.4. The normalized spacial score (nSPS) is 10.9. The number of nitrogens with zero attached hydrogens (tertiary/aromatic N) is 3. The van der Waals surface area contributed by atoms with Crippen LogP contribution in [-0.4, -0.2) is 96.0 Å². The van der Waals surface area contributed by atoms with E-state index in [2.05, 4.69) is 37.2 Å². The zero-order valence-electron chi connectivity index (χ0n) is 56.3. The van der Waals surface area contributed by atoms with Crippen molar-refractivity contribution in [2.45, 2.75) is 40.0 Å². The third-order valence-corrected chi connectivity index (χ3v) is 18.0. The van der Waals surface area contributed by atoms with Gasteiger partial charge in [0.25, 0.3) is 29.5 Å². The van der Waals surface area contributed by atoms with Gasteiger partial charge in [-0.3, -0.25) is 47.3 Å². The highest BCUT2D eigenvalue weighted by atomic mass is 79.9. The van der Waals surface area contributed by atoms with E-state index >= 15 is 0 Å². The number of ether oxygens (including phenoxy) is 3. The lowest BCUT2D eigenvalue weighted by molar-refractivity contribution is -0.120. The lowest BCUT2D eigenvalue weighted by Gasteiger charge is -2.09. The molecule has 17 nitrogen and oxygen atoms in total. The van der Waals surface area contributed by atoms with Crippen molar-refractivity contribution in [3.8, 4) is 17.2 Å². The van der Waals surface area contributed by atoms with Gasteiger partial charge in [0.2, 0.25) is 11.8 Å². The van der Waals surface area contributed by atoms with Crippen molar-refractivity contribution >= 4 is 119 Å². The van der Waals surface area contributed by atoms with Crippen LogP contribution in [0, 0.1) is 44.0 Å². The fraction of sp³-hybridized carbons (Fsp3) is 0.152. The zero-order chi connectivity index (χ0) is 73.8. The van der Waals surface area contributed by atoms with Gasteiger partial charge in [0.05, 0.1) is 56.3 Å². The predicted octanol–water partition coefficient (Wildman–Crippen LogP) is 15.8. The van der Waals surface area contributed by atoms with E-state index in [9.17, 15) is 51.1 Å². The van der Waals surface area contributed by atoms with Crippen LogP contribution in [0.4, 0.5) is 23.2 Å². The van der Waals surface area contributed by atoms with Crippen molar-refractivity contribution in [3.63, 3.8) is 0 Å². The monoisotopic (exact) mass is 1500 g/mol. The van der Waals surface area contributed by atoms with Gasteiger partial charge in [-0.05, 0) is 238 Å². The second kappa shape index (κ2) is 33.4. The number of rotatable bonds is 19. The topological polar surface area (TPSA) is 210 Å². The quantitative estimate of drug-likeness (QED) is 0.0444. The minimum absolute atomic E-state index is 0.0301. The molecule has 0 unspecified atom stereocenters. The Hall–Kier alpha value is -11.3. The van der Waals surface area contributed by atoms with Crippen LogP contribution in [0.15, 0.2) is 199 Å². The molecule has 0 saturated heterocycles. The number of methoxy groups -OCH3 is 3. The molecule has 0 aliphatic heterocycles. The summed E-state index contributed by atoms with van der Waals surface area (Å²) in [7, 11) is 4.66. The summed E-state index contributed by atoms with van der Waals surface area (Å²) in [6, 6.07) is 49.8. The molecular weight excluding hydrogens is 1430 g/mol. The molecule has 3 heterocycles. The third-order valence-electron chi connectivity index (χ3n) is 17.0. The van der Waals surface area contributed by atoms with E-state index in [4.69, 9.17) is 37.4 Å². The van der Waals surface area contributed by atoms with E-state index in [-0.39, 0.29) is 77.8 Å². The molecule has 0 aliphatic carbocycles. The van der Waals surface area contributed by atoms with Crippen LogP contribution in [0.3, 0.4) is 0 Å². The van der Waals surface area contributed by atoms with E-state index in [1.165, 1.54) is 96.6 Å². The van der Waals surface area contributed by atoms with Crippen LogP contribution in [-0.2, 0) is 28.9 Å². The van der Waals surface area contributed by atoms with Gasteiger partial charge in [0.15, 0.2) is 0 Å². The number of nitrogens with one attached hydrogen (secondary N) is 4. The molecule has 0 saturated carbocycles. The fourth-order valence-electron chi connectivity index (χ4n) is 11.7. The Morgan fingerprint density at radius 2 is 0.786 bits per heavy atom. The van der Waals surface area contributed by atoms with Crippen LogP contribution in [0.1, 0.15) is 85.6 Å². The Bertz CT molecular complexity index is 5200. The lowest BCUT2D eigenvalue weighted by Crippen LogP contribution is -2.35. The van der Waals surface area contributed by atoms with Crippen molar-refractivity contribution in [2.24, 2.45) is 0 Å². The molecular formula is C79H66BrCl2F4N7O10. The van der Waals surface area contributed by atoms with E-state index in [0.717, 1.165) is 38.1 Å². The van der Waals surface area contributed by atoms with Crippen molar-refractivity contribution in [2.75, 3.05) is 46.3 Å². The molecule has 4 N–H and O–H groups in total. The molecule has 103 heavy (non-hydrogen) atoms. The Morgan fingerprint density at radius 3 is 1.24 bits per heavy atom. The van der Waals surface area contributed by atoms with Crippen LogP contribution in [0.2, 0.25) is 10.0 Å². The first-order valence-electron chi connectivity index (χ1n) is 32.0. The molecule has 3 aromatic heterocycles. The maximum Gasteiger partial charge on any atom is 0.265 e. The van der Waals surface area contributed by atoms with Gasteiger partial charge in [-0.1, -0.05) is 39.1 Å². The van der Waals surface area contributed by atoms with Gasteiger partial charge in [-0.2, -0.15) is 0 Å². The van der Waals surface area contributed by atoms with Gasteiger partial charge in [-0.15, -0.1) is 0 Å². The number of halogens is 7. The van der Waals surface area contributed by atoms with Crippen molar-refractivity contribution in [1.82, 2.24) is 29.7 Å². The second-order valence-corrected chi connectivity index (χ2v) is 25.2. The van der Waals surface area contributed by atoms with E-state index in [1.807, 2.05) is 37.3 Å². The van der Waals surface area contributed by atoms with Crippen LogP contribution in [0.5, 0.6) is 17.2 Å². The van der Waals surface area contributed by atoms with E-state index < -0.39 is 23.4 Å². The highest BCUT2D eigenvalue weighted by Gasteiger charge is 2.27. The molecule has 12 rings (SSSR count). The second-order valence-electron chi connectivity index (χ2n) is 23.4. The van der Waals surface area contributed by atoms with Crippen molar-refractivity contribution < 1.29 is 65.3 Å². The first-order chi connectivity index (χ1) is 49.4. The molecule has 9 aromatic carbocycles. The van der Waals surface area contributed by atoms with E-state index in [1.54, 1.807) is 110 Å². The lowest BCUT2D eigenvalue weighted by atomic mass is 10.1. The molecule has 0 atom stereocenters. The molecule has 0 spiro atoms. The number of hydrogen-bond acceptors (Lipinski definition) is 10. The maximum absolute atomic E-state index is 14.5. The summed E-state index contributed by atoms with van der Waals surface area (Å²) in [6.07, 6.45) is 0.488. The van der Waals surface area contributed by atoms with Crippen molar-refractivity contribution in [3.05, 3.63) is 294 Å². The largest absolute Gasteiger partial charge is 0.497 e. The van der Waals surface area contributed by atoms with Gasteiger partial charge in [-0.25, -0.2) is 17.6 Å². The standard InChI is InChI=1S/C28H25ClFN3O4.C26H22BrFN2O3.C25H19ClF2N2O3/c1-17-23(16-26(34)31-13-14-32-27(35)18-5-9-21(30)10-6-18)24-15-22(37-2)11-12-25(24)33(17)28(36)19-3-7-20(29)8-4-19;1-16-22(13-14-29-25(31)17-5-9-20(28)10-6-17)23-15-21(33-2)11-12-24(23)30(16)26(32)18-3-7-19(27)8-4-18;1-14-20(13-24(31)29-17-6-4-16(27)5-7-17)21-12-18(33-2)8-10-23(21)30(14)25(32)19-9-3-15(26)11-22(19)28/h3-12,15H,13-14,16H2,1-2H3,(H,31,34)(H,32,35);3-12,15H,13-14H2,1-2H3,(H,29,31);3-12H,13H2,1-2H3,(H,29,31). The highest BCUT2D eigenvalue weighted by molar-refractivity contribution is 9.10. The number of anilines is 1. The van der Waals surface area contributed by atoms with Gasteiger partial charge in [0, 0.05) is 95.3 Å². The molecule has 12 aromatic rings. The van der Waals surface area contributed by atoms with Crippen molar-refractivity contribution in [1.29, 1.82) is 0 Å². The third kappa shape index (κ3) is 17.5. The smallest absolute Gasteiger partial charge is 0.265 e. The molecule has 0 aliphatic rings.